The van der Waals surface area contributed by atoms with Crippen LogP contribution in [0.1, 0.15) is 99.6 Å². The Hall–Kier alpha value is -1.60. The Balaban J connectivity index is 2.37. The monoisotopic (exact) mass is 394 g/mol. The fourth-order valence-corrected chi connectivity index (χ4v) is 4.24. The van der Waals surface area contributed by atoms with Gasteiger partial charge in [0, 0.05) is 11.8 Å². The Morgan fingerprint density at radius 3 is 1.28 bits per heavy atom. The van der Waals surface area contributed by atoms with E-state index >= 15 is 0 Å². The SMILES string of the molecule is CCC(C)(OC(C)(CC)C(C)c1ccc(C)c(C)c1)C(C)c1ccc(C)c(C)c1. The van der Waals surface area contributed by atoms with Gasteiger partial charge in [0.1, 0.15) is 0 Å². The van der Waals surface area contributed by atoms with Gasteiger partial charge in [0.25, 0.3) is 0 Å². The molecule has 0 amide bonds. The summed E-state index contributed by atoms with van der Waals surface area (Å²) in [5, 5.41) is 0. The summed E-state index contributed by atoms with van der Waals surface area (Å²) in [4.78, 5) is 0. The molecule has 4 atom stereocenters. The first-order chi connectivity index (χ1) is 13.5. The summed E-state index contributed by atoms with van der Waals surface area (Å²) in [6.45, 7) is 22.5. The van der Waals surface area contributed by atoms with Gasteiger partial charge >= 0.3 is 0 Å². The molecule has 0 heterocycles. The Morgan fingerprint density at radius 2 is 1.00 bits per heavy atom. The predicted molar refractivity (Wildman–Crippen MR) is 127 cm³/mol. The molecule has 0 spiro atoms. The molecule has 0 aromatic heterocycles. The van der Waals surface area contributed by atoms with Crippen LogP contribution in [0.2, 0.25) is 0 Å². The van der Waals surface area contributed by atoms with Crippen LogP contribution in [-0.2, 0) is 4.74 Å². The number of rotatable bonds is 8. The second kappa shape index (κ2) is 9.04. The van der Waals surface area contributed by atoms with Gasteiger partial charge in [-0.15, -0.1) is 0 Å². The predicted octanol–water partition coefficient (Wildman–Crippen LogP) is 8.18. The molecule has 2 rings (SSSR count). The maximum atomic E-state index is 7.10. The summed E-state index contributed by atoms with van der Waals surface area (Å²) in [6.07, 6.45) is 1.96. The molecular weight excluding hydrogens is 352 g/mol. The van der Waals surface area contributed by atoms with Crippen LogP contribution < -0.4 is 0 Å². The highest BCUT2D eigenvalue weighted by Crippen LogP contribution is 2.43. The molecule has 0 aliphatic carbocycles. The molecule has 0 N–H and O–H groups in total. The van der Waals surface area contributed by atoms with Gasteiger partial charge in [-0.25, -0.2) is 0 Å². The van der Waals surface area contributed by atoms with Crippen molar-refractivity contribution in [2.75, 3.05) is 0 Å². The van der Waals surface area contributed by atoms with Crippen molar-refractivity contribution in [3.8, 4) is 0 Å². The zero-order valence-corrected chi connectivity index (χ0v) is 20.4. The zero-order chi connectivity index (χ0) is 22.0. The van der Waals surface area contributed by atoms with Crippen LogP contribution in [-0.4, -0.2) is 11.2 Å². The van der Waals surface area contributed by atoms with Crippen molar-refractivity contribution >= 4 is 0 Å². The lowest BCUT2D eigenvalue weighted by Crippen LogP contribution is -2.46. The average Bonchev–Trinajstić information content (AvgIpc) is 2.70. The van der Waals surface area contributed by atoms with Gasteiger partial charge in [-0.05, 0) is 87.8 Å². The van der Waals surface area contributed by atoms with E-state index < -0.39 is 0 Å². The van der Waals surface area contributed by atoms with Crippen LogP contribution in [0, 0.1) is 27.7 Å². The molecule has 1 nitrogen and oxygen atoms in total. The largest absolute Gasteiger partial charge is 0.368 e. The molecule has 0 bridgehead atoms. The fourth-order valence-electron chi connectivity index (χ4n) is 4.24. The fraction of sp³-hybridized carbons (Fsp3) is 0.571. The van der Waals surface area contributed by atoms with Gasteiger partial charge in [-0.3, -0.25) is 0 Å². The van der Waals surface area contributed by atoms with E-state index in [1.807, 2.05) is 0 Å². The van der Waals surface area contributed by atoms with Gasteiger partial charge in [0.15, 0.2) is 0 Å². The first-order valence-corrected chi connectivity index (χ1v) is 11.3. The third-order valence-electron chi connectivity index (χ3n) is 7.76. The Bertz CT molecular complexity index is 767. The Labute approximate surface area is 179 Å². The minimum Gasteiger partial charge on any atom is -0.368 e. The van der Waals surface area contributed by atoms with Crippen molar-refractivity contribution in [1.82, 2.24) is 0 Å². The molecule has 2 aromatic carbocycles. The molecule has 0 aliphatic rings. The summed E-state index contributed by atoms with van der Waals surface area (Å²) in [5.74, 6) is 0.647. The summed E-state index contributed by atoms with van der Waals surface area (Å²) >= 11 is 0. The molecule has 1 heteroatoms. The summed E-state index contributed by atoms with van der Waals surface area (Å²) < 4.78 is 7.10. The standard InChI is InChI=1S/C28H42O/c1-11-27(9,23(7)25-15-13-19(3)21(5)17-25)29-28(10,12-2)24(8)26-16-14-20(4)22(6)18-26/h13-18,23-24H,11-12H2,1-10H3. The first-order valence-electron chi connectivity index (χ1n) is 11.3. The van der Waals surface area contributed by atoms with Gasteiger partial charge in [0.2, 0.25) is 0 Å². The molecule has 160 valence electrons. The smallest absolute Gasteiger partial charge is 0.0725 e. The van der Waals surface area contributed by atoms with E-state index in [4.69, 9.17) is 4.74 Å². The van der Waals surface area contributed by atoms with Crippen molar-refractivity contribution in [3.63, 3.8) is 0 Å². The van der Waals surface area contributed by atoms with Gasteiger partial charge in [0.05, 0.1) is 11.2 Å². The van der Waals surface area contributed by atoms with Gasteiger partial charge < -0.3 is 4.74 Å². The molecule has 0 saturated carbocycles. The molecular formula is C28H42O. The molecule has 29 heavy (non-hydrogen) atoms. The highest BCUT2D eigenvalue weighted by molar-refractivity contribution is 5.34. The van der Waals surface area contributed by atoms with Crippen LogP contribution in [0.3, 0.4) is 0 Å². The number of hydrogen-bond donors (Lipinski definition) is 0. The normalized spacial score (nSPS) is 18.0. The third kappa shape index (κ3) is 4.94. The number of benzene rings is 2. The first kappa shape index (κ1) is 23.7. The summed E-state index contributed by atoms with van der Waals surface area (Å²) in [5.41, 5.74) is 7.71. The lowest BCUT2D eigenvalue weighted by Gasteiger charge is -2.46. The van der Waals surface area contributed by atoms with Crippen molar-refractivity contribution in [1.29, 1.82) is 0 Å². The lowest BCUT2D eigenvalue weighted by molar-refractivity contribution is -0.163. The molecule has 0 fully saturated rings. The molecule has 0 radical (unpaired) electrons. The highest BCUT2D eigenvalue weighted by atomic mass is 16.5. The van der Waals surface area contributed by atoms with Crippen molar-refractivity contribution in [2.24, 2.45) is 0 Å². The van der Waals surface area contributed by atoms with Crippen molar-refractivity contribution < 1.29 is 4.74 Å². The summed E-state index contributed by atoms with van der Waals surface area (Å²) in [6, 6.07) is 13.7. The van der Waals surface area contributed by atoms with Crippen LogP contribution >= 0.6 is 0 Å². The zero-order valence-electron chi connectivity index (χ0n) is 20.4. The van der Waals surface area contributed by atoms with Crippen LogP contribution in [0.4, 0.5) is 0 Å². The summed E-state index contributed by atoms with van der Waals surface area (Å²) in [7, 11) is 0. The molecule has 4 unspecified atom stereocenters. The van der Waals surface area contributed by atoms with Gasteiger partial charge in [-0.2, -0.15) is 0 Å². The lowest BCUT2D eigenvalue weighted by atomic mass is 9.78. The van der Waals surface area contributed by atoms with E-state index in [-0.39, 0.29) is 11.2 Å². The molecule has 0 aliphatic heterocycles. The van der Waals surface area contributed by atoms with E-state index in [1.165, 1.54) is 33.4 Å². The minimum absolute atomic E-state index is 0.222. The highest BCUT2D eigenvalue weighted by Gasteiger charge is 2.41. The van der Waals surface area contributed by atoms with Crippen molar-refractivity contribution in [2.45, 2.75) is 105 Å². The maximum Gasteiger partial charge on any atom is 0.0725 e. The van der Waals surface area contributed by atoms with Crippen LogP contribution in [0.15, 0.2) is 36.4 Å². The third-order valence-corrected chi connectivity index (χ3v) is 7.76. The quantitative estimate of drug-likeness (QED) is 0.438. The second-order valence-corrected chi connectivity index (χ2v) is 9.57. The van der Waals surface area contributed by atoms with E-state index in [1.54, 1.807) is 0 Å². The van der Waals surface area contributed by atoms with Gasteiger partial charge in [-0.1, -0.05) is 64.1 Å². The molecule has 2 aromatic rings. The average molecular weight is 395 g/mol. The number of hydrogen-bond acceptors (Lipinski definition) is 1. The van der Waals surface area contributed by atoms with E-state index in [9.17, 15) is 0 Å². The Morgan fingerprint density at radius 1 is 0.655 bits per heavy atom. The number of ether oxygens (including phenoxy) is 1. The Kier molecular flexibility index (Phi) is 7.38. The van der Waals surface area contributed by atoms with Crippen LogP contribution in [0.5, 0.6) is 0 Å². The minimum atomic E-state index is -0.222. The maximum absolute atomic E-state index is 7.10. The van der Waals surface area contributed by atoms with E-state index in [0.29, 0.717) is 11.8 Å². The second-order valence-electron chi connectivity index (χ2n) is 9.57. The topological polar surface area (TPSA) is 9.23 Å². The van der Waals surface area contributed by atoms with E-state index in [0.717, 1.165) is 12.8 Å². The molecule has 0 saturated heterocycles. The van der Waals surface area contributed by atoms with Crippen molar-refractivity contribution in [3.05, 3.63) is 69.8 Å². The van der Waals surface area contributed by atoms with Crippen LogP contribution in [0.25, 0.3) is 0 Å². The van der Waals surface area contributed by atoms with E-state index in [2.05, 4.69) is 106 Å². The number of aryl methyl sites for hydroxylation is 4.